The Morgan fingerprint density at radius 1 is 1.14 bits per heavy atom. The molecule has 3 amide bonds. The molecule has 0 atom stereocenters. The van der Waals surface area contributed by atoms with Crippen LogP contribution in [0.3, 0.4) is 0 Å². The van der Waals surface area contributed by atoms with Gasteiger partial charge in [-0.3, -0.25) is 14.7 Å². The molecule has 0 spiro atoms. The van der Waals surface area contributed by atoms with Crippen molar-refractivity contribution in [3.8, 4) is 0 Å². The number of hydrogen-bond acceptors (Lipinski definition) is 4. The molecule has 1 aromatic carbocycles. The number of pyridine rings is 1. The number of anilines is 1. The van der Waals surface area contributed by atoms with E-state index in [-0.39, 0.29) is 18.0 Å². The Morgan fingerprint density at radius 3 is 2.62 bits per heavy atom. The highest BCUT2D eigenvalue weighted by Crippen LogP contribution is 2.24. The molecule has 1 aliphatic carbocycles. The van der Waals surface area contributed by atoms with E-state index in [0.717, 1.165) is 32.5 Å². The van der Waals surface area contributed by atoms with Gasteiger partial charge in [0, 0.05) is 56.8 Å². The van der Waals surface area contributed by atoms with Crippen LogP contribution in [0.25, 0.3) is 0 Å². The van der Waals surface area contributed by atoms with E-state index < -0.39 is 0 Å². The highest BCUT2D eigenvalue weighted by Gasteiger charge is 2.25. The summed E-state index contributed by atoms with van der Waals surface area (Å²) in [5.41, 5.74) is 2.12. The SMILES string of the molecule is O=C(NC1CC1)c1cc(NC(=O)N2CCN(Cc3cccnc3)CC2)ccc1Cl. The summed E-state index contributed by atoms with van der Waals surface area (Å²) in [4.78, 5) is 33.2. The number of piperazine rings is 1. The molecular formula is C21H24ClN5O2. The molecule has 29 heavy (non-hydrogen) atoms. The fourth-order valence-electron chi connectivity index (χ4n) is 3.33. The predicted molar refractivity (Wildman–Crippen MR) is 112 cm³/mol. The Kier molecular flexibility index (Phi) is 5.97. The highest BCUT2D eigenvalue weighted by atomic mass is 35.5. The first-order valence-corrected chi connectivity index (χ1v) is 10.2. The third-order valence-corrected chi connectivity index (χ3v) is 5.49. The van der Waals surface area contributed by atoms with Crippen molar-refractivity contribution in [1.82, 2.24) is 20.1 Å². The maximum atomic E-state index is 12.6. The molecule has 0 bridgehead atoms. The summed E-state index contributed by atoms with van der Waals surface area (Å²) in [5, 5.41) is 6.19. The van der Waals surface area contributed by atoms with E-state index in [1.54, 1.807) is 29.3 Å². The van der Waals surface area contributed by atoms with Gasteiger partial charge in [0.1, 0.15) is 0 Å². The molecule has 1 aliphatic heterocycles. The van der Waals surface area contributed by atoms with Crippen LogP contribution in [0.15, 0.2) is 42.7 Å². The maximum Gasteiger partial charge on any atom is 0.321 e. The van der Waals surface area contributed by atoms with E-state index in [1.807, 2.05) is 12.3 Å². The summed E-state index contributed by atoms with van der Waals surface area (Å²) in [6.07, 6.45) is 5.65. The normalized spacial score (nSPS) is 17.1. The van der Waals surface area contributed by atoms with Crippen LogP contribution >= 0.6 is 11.6 Å². The Balaban J connectivity index is 1.31. The Labute approximate surface area is 175 Å². The molecule has 7 nitrogen and oxygen atoms in total. The van der Waals surface area contributed by atoms with Gasteiger partial charge in [-0.1, -0.05) is 17.7 Å². The zero-order valence-corrected chi connectivity index (χ0v) is 16.9. The Morgan fingerprint density at radius 2 is 1.93 bits per heavy atom. The number of halogens is 1. The van der Waals surface area contributed by atoms with Crippen LogP contribution in [-0.4, -0.2) is 58.9 Å². The van der Waals surface area contributed by atoms with Crippen LogP contribution in [0.2, 0.25) is 5.02 Å². The van der Waals surface area contributed by atoms with Crippen molar-refractivity contribution in [2.75, 3.05) is 31.5 Å². The lowest BCUT2D eigenvalue weighted by Crippen LogP contribution is -2.49. The molecule has 2 heterocycles. The first-order valence-electron chi connectivity index (χ1n) is 9.86. The van der Waals surface area contributed by atoms with Gasteiger partial charge < -0.3 is 15.5 Å². The summed E-state index contributed by atoms with van der Waals surface area (Å²) >= 11 is 6.17. The van der Waals surface area contributed by atoms with E-state index in [2.05, 4.69) is 26.6 Å². The zero-order chi connectivity index (χ0) is 20.2. The van der Waals surface area contributed by atoms with Crippen LogP contribution in [0, 0.1) is 0 Å². The van der Waals surface area contributed by atoms with E-state index in [9.17, 15) is 9.59 Å². The number of nitrogens with zero attached hydrogens (tertiary/aromatic N) is 3. The lowest BCUT2D eigenvalue weighted by molar-refractivity contribution is 0.0951. The fourth-order valence-corrected chi connectivity index (χ4v) is 3.53. The van der Waals surface area contributed by atoms with Gasteiger partial charge in [-0.15, -0.1) is 0 Å². The molecule has 4 rings (SSSR count). The summed E-state index contributed by atoms with van der Waals surface area (Å²) in [6, 6.07) is 9.07. The minimum Gasteiger partial charge on any atom is -0.349 e. The van der Waals surface area contributed by atoms with Gasteiger partial charge in [0.15, 0.2) is 0 Å². The third-order valence-electron chi connectivity index (χ3n) is 5.16. The molecule has 152 valence electrons. The molecule has 2 aromatic rings. The van der Waals surface area contributed by atoms with E-state index in [1.165, 1.54) is 5.56 Å². The maximum absolute atomic E-state index is 12.6. The number of carbonyl (C=O) groups excluding carboxylic acids is 2. The van der Waals surface area contributed by atoms with E-state index in [4.69, 9.17) is 11.6 Å². The van der Waals surface area contributed by atoms with E-state index >= 15 is 0 Å². The predicted octanol–water partition coefficient (Wildman–Crippen LogP) is 2.98. The lowest BCUT2D eigenvalue weighted by atomic mass is 10.2. The number of urea groups is 1. The number of benzene rings is 1. The molecule has 2 N–H and O–H groups in total. The molecule has 2 aliphatic rings. The molecule has 1 aromatic heterocycles. The molecule has 2 fully saturated rings. The summed E-state index contributed by atoms with van der Waals surface area (Å²) < 4.78 is 0. The van der Waals surface area contributed by atoms with Gasteiger partial charge >= 0.3 is 6.03 Å². The summed E-state index contributed by atoms with van der Waals surface area (Å²) in [5.74, 6) is -0.197. The van der Waals surface area contributed by atoms with Gasteiger partial charge in [-0.05, 0) is 42.7 Å². The van der Waals surface area contributed by atoms with Crippen molar-refractivity contribution in [3.05, 3.63) is 58.9 Å². The molecular weight excluding hydrogens is 390 g/mol. The molecule has 1 saturated heterocycles. The number of aromatic nitrogens is 1. The number of nitrogens with one attached hydrogen (secondary N) is 2. The lowest BCUT2D eigenvalue weighted by Gasteiger charge is -2.34. The number of hydrogen-bond donors (Lipinski definition) is 2. The largest absolute Gasteiger partial charge is 0.349 e. The van der Waals surface area contributed by atoms with Gasteiger partial charge in [0.2, 0.25) is 0 Å². The average Bonchev–Trinajstić information content (AvgIpc) is 3.54. The standard InChI is InChI=1S/C21H24ClN5O2/c22-19-6-5-17(12-18(19)20(28)24-16-3-4-16)25-21(29)27-10-8-26(9-11-27)14-15-2-1-7-23-13-15/h1-2,5-7,12-13,16H,3-4,8-11,14H2,(H,24,28)(H,25,29). The highest BCUT2D eigenvalue weighted by molar-refractivity contribution is 6.34. The minimum atomic E-state index is -0.197. The van der Waals surface area contributed by atoms with Crippen LogP contribution in [0.5, 0.6) is 0 Å². The molecule has 8 heteroatoms. The van der Waals surface area contributed by atoms with Crippen LogP contribution in [0.1, 0.15) is 28.8 Å². The third kappa shape index (κ3) is 5.25. The van der Waals surface area contributed by atoms with Crippen molar-refractivity contribution in [2.24, 2.45) is 0 Å². The molecule has 1 saturated carbocycles. The van der Waals surface area contributed by atoms with Crippen LogP contribution < -0.4 is 10.6 Å². The van der Waals surface area contributed by atoms with Crippen molar-refractivity contribution >= 4 is 29.2 Å². The van der Waals surface area contributed by atoms with E-state index in [0.29, 0.717) is 29.4 Å². The first kappa shape index (κ1) is 19.7. The second-order valence-electron chi connectivity index (χ2n) is 7.50. The quantitative estimate of drug-likeness (QED) is 0.790. The second-order valence-corrected chi connectivity index (χ2v) is 7.90. The average molecular weight is 414 g/mol. The van der Waals surface area contributed by atoms with Crippen molar-refractivity contribution in [3.63, 3.8) is 0 Å². The summed E-state index contributed by atoms with van der Waals surface area (Å²) in [7, 11) is 0. The number of carbonyl (C=O) groups is 2. The van der Waals surface area contributed by atoms with Gasteiger partial charge in [-0.2, -0.15) is 0 Å². The smallest absolute Gasteiger partial charge is 0.321 e. The zero-order valence-electron chi connectivity index (χ0n) is 16.1. The fraction of sp³-hybridized carbons (Fsp3) is 0.381. The Hall–Kier alpha value is -2.64. The Bertz CT molecular complexity index is 880. The first-order chi connectivity index (χ1) is 14.1. The van der Waals surface area contributed by atoms with Crippen molar-refractivity contribution in [2.45, 2.75) is 25.4 Å². The second kappa shape index (κ2) is 8.80. The topological polar surface area (TPSA) is 77.6 Å². The van der Waals surface area contributed by atoms with Gasteiger partial charge in [-0.25, -0.2) is 4.79 Å². The number of rotatable bonds is 5. The van der Waals surface area contributed by atoms with Gasteiger partial charge in [0.05, 0.1) is 10.6 Å². The van der Waals surface area contributed by atoms with Gasteiger partial charge in [0.25, 0.3) is 5.91 Å². The monoisotopic (exact) mass is 413 g/mol. The summed E-state index contributed by atoms with van der Waals surface area (Å²) in [6.45, 7) is 3.74. The van der Waals surface area contributed by atoms with Crippen LogP contribution in [0.4, 0.5) is 10.5 Å². The minimum absolute atomic E-state index is 0.165. The molecule has 0 radical (unpaired) electrons. The van der Waals surface area contributed by atoms with Crippen molar-refractivity contribution in [1.29, 1.82) is 0 Å². The molecule has 0 unspecified atom stereocenters. The van der Waals surface area contributed by atoms with Crippen LogP contribution in [-0.2, 0) is 6.54 Å². The van der Waals surface area contributed by atoms with Crippen molar-refractivity contribution < 1.29 is 9.59 Å². The number of amides is 3.